The van der Waals surface area contributed by atoms with Gasteiger partial charge in [0.2, 0.25) is 0 Å². The SMILES string of the molecule is COc1cc2c(NC(C)c3cccc(Br)c3)nc(C)nc2cc1OCCCCCCCc1ccncc1. The molecule has 4 rings (SSSR count). The largest absolute Gasteiger partial charge is 0.493 e. The van der Waals surface area contributed by atoms with Crippen molar-refractivity contribution in [2.45, 2.75) is 58.4 Å². The van der Waals surface area contributed by atoms with E-state index < -0.39 is 0 Å². The number of rotatable bonds is 13. The minimum absolute atomic E-state index is 0.0709. The first-order chi connectivity index (χ1) is 18.0. The lowest BCUT2D eigenvalue weighted by molar-refractivity contribution is 0.285. The number of unbranched alkanes of at least 4 members (excludes halogenated alkanes) is 4. The molecule has 0 saturated heterocycles. The second kappa shape index (κ2) is 13.4. The number of methoxy groups -OCH3 is 1. The summed E-state index contributed by atoms with van der Waals surface area (Å²) < 4.78 is 12.9. The first-order valence-corrected chi connectivity index (χ1v) is 13.7. The fourth-order valence-corrected chi connectivity index (χ4v) is 4.81. The number of benzene rings is 2. The molecule has 0 bridgehead atoms. The van der Waals surface area contributed by atoms with Crippen molar-refractivity contribution in [3.05, 3.63) is 82.3 Å². The zero-order chi connectivity index (χ0) is 26.0. The standard InChI is InChI=1S/C30H35BrN4O2/c1-21(24-11-9-12-25(31)18-24)33-30-26-19-28(36-3)29(20-27(26)34-22(2)35-30)37-17-8-6-4-5-7-10-23-13-15-32-16-14-23/h9,11-16,18-21H,4-8,10,17H2,1-3H3,(H,33,34,35). The van der Waals surface area contributed by atoms with Gasteiger partial charge in [-0.15, -0.1) is 0 Å². The van der Waals surface area contributed by atoms with Gasteiger partial charge >= 0.3 is 0 Å². The van der Waals surface area contributed by atoms with Crippen molar-refractivity contribution >= 4 is 32.7 Å². The lowest BCUT2D eigenvalue weighted by Gasteiger charge is -2.18. The van der Waals surface area contributed by atoms with Crippen LogP contribution in [-0.2, 0) is 6.42 Å². The van der Waals surface area contributed by atoms with Crippen LogP contribution >= 0.6 is 15.9 Å². The van der Waals surface area contributed by atoms with E-state index in [0.29, 0.717) is 18.2 Å². The topological polar surface area (TPSA) is 69.2 Å². The molecule has 1 N–H and O–H groups in total. The van der Waals surface area contributed by atoms with Crippen molar-refractivity contribution < 1.29 is 9.47 Å². The van der Waals surface area contributed by atoms with E-state index in [-0.39, 0.29) is 6.04 Å². The van der Waals surface area contributed by atoms with Gasteiger partial charge in [-0.05, 0) is 74.6 Å². The highest BCUT2D eigenvalue weighted by Gasteiger charge is 2.15. The number of aryl methyl sites for hydroxylation is 2. The lowest BCUT2D eigenvalue weighted by atomic mass is 10.1. The van der Waals surface area contributed by atoms with Gasteiger partial charge in [0.05, 0.1) is 25.3 Å². The number of pyridine rings is 1. The lowest BCUT2D eigenvalue weighted by Crippen LogP contribution is -2.10. The summed E-state index contributed by atoms with van der Waals surface area (Å²) in [6.45, 7) is 4.69. The third kappa shape index (κ3) is 7.65. The average Bonchev–Trinajstić information content (AvgIpc) is 2.90. The van der Waals surface area contributed by atoms with Crippen LogP contribution in [0.3, 0.4) is 0 Å². The van der Waals surface area contributed by atoms with Gasteiger partial charge in [-0.2, -0.15) is 0 Å². The fourth-order valence-electron chi connectivity index (χ4n) is 4.39. The number of hydrogen-bond donors (Lipinski definition) is 1. The molecule has 194 valence electrons. The van der Waals surface area contributed by atoms with Crippen LogP contribution in [0.5, 0.6) is 11.5 Å². The predicted octanol–water partition coefficient (Wildman–Crippen LogP) is 7.85. The van der Waals surface area contributed by atoms with Crippen molar-refractivity contribution in [3.63, 3.8) is 0 Å². The van der Waals surface area contributed by atoms with E-state index in [4.69, 9.17) is 14.5 Å². The number of nitrogens with zero attached hydrogens (tertiary/aromatic N) is 3. The van der Waals surface area contributed by atoms with Crippen molar-refractivity contribution in [2.75, 3.05) is 19.0 Å². The van der Waals surface area contributed by atoms with Crippen LogP contribution in [0.15, 0.2) is 65.4 Å². The summed E-state index contributed by atoms with van der Waals surface area (Å²) in [5.74, 6) is 2.90. The maximum atomic E-state index is 6.14. The van der Waals surface area contributed by atoms with Crippen molar-refractivity contribution in [1.29, 1.82) is 0 Å². The molecular formula is C30H35BrN4O2. The molecule has 7 heteroatoms. The van der Waals surface area contributed by atoms with E-state index in [1.807, 2.05) is 43.6 Å². The molecule has 2 aromatic carbocycles. The Morgan fingerprint density at radius 1 is 0.919 bits per heavy atom. The third-order valence-electron chi connectivity index (χ3n) is 6.41. The molecule has 0 aliphatic carbocycles. The second-order valence-electron chi connectivity index (χ2n) is 9.28. The summed E-state index contributed by atoms with van der Waals surface area (Å²) in [5, 5.41) is 4.46. The van der Waals surface area contributed by atoms with Crippen LogP contribution in [0.4, 0.5) is 5.82 Å². The Morgan fingerprint density at radius 3 is 2.49 bits per heavy atom. The zero-order valence-electron chi connectivity index (χ0n) is 21.8. The van der Waals surface area contributed by atoms with Crippen LogP contribution < -0.4 is 14.8 Å². The number of fused-ring (bicyclic) bond motifs is 1. The maximum Gasteiger partial charge on any atom is 0.163 e. The van der Waals surface area contributed by atoms with E-state index in [9.17, 15) is 0 Å². The number of hydrogen-bond acceptors (Lipinski definition) is 6. The fraction of sp³-hybridized carbons (Fsp3) is 0.367. The Kier molecular flexibility index (Phi) is 9.71. The molecule has 0 aliphatic rings. The number of nitrogens with one attached hydrogen (secondary N) is 1. The van der Waals surface area contributed by atoms with Crippen LogP contribution in [0, 0.1) is 6.92 Å². The second-order valence-corrected chi connectivity index (χ2v) is 10.2. The average molecular weight is 564 g/mol. The highest BCUT2D eigenvalue weighted by Crippen LogP contribution is 2.35. The van der Waals surface area contributed by atoms with Gasteiger partial charge in [0.25, 0.3) is 0 Å². The Labute approximate surface area is 228 Å². The van der Waals surface area contributed by atoms with Crippen LogP contribution in [-0.4, -0.2) is 28.7 Å². The van der Waals surface area contributed by atoms with Gasteiger partial charge in [-0.25, -0.2) is 9.97 Å². The molecule has 2 aromatic heterocycles. The summed E-state index contributed by atoms with van der Waals surface area (Å²) in [4.78, 5) is 13.4. The molecular weight excluding hydrogens is 528 g/mol. The first-order valence-electron chi connectivity index (χ1n) is 12.9. The molecule has 2 heterocycles. The quantitative estimate of drug-likeness (QED) is 0.167. The predicted molar refractivity (Wildman–Crippen MR) is 154 cm³/mol. The zero-order valence-corrected chi connectivity index (χ0v) is 23.4. The van der Waals surface area contributed by atoms with Crippen molar-refractivity contribution in [3.8, 4) is 11.5 Å². The maximum absolute atomic E-state index is 6.14. The van der Waals surface area contributed by atoms with Crippen LogP contribution in [0.1, 0.15) is 62.0 Å². The van der Waals surface area contributed by atoms with E-state index >= 15 is 0 Å². The van der Waals surface area contributed by atoms with Crippen LogP contribution in [0.2, 0.25) is 0 Å². The Bertz CT molecular complexity index is 1300. The minimum atomic E-state index is 0.0709. The number of ether oxygens (including phenoxy) is 2. The molecule has 0 aliphatic heterocycles. The highest BCUT2D eigenvalue weighted by atomic mass is 79.9. The summed E-state index contributed by atoms with van der Waals surface area (Å²) >= 11 is 3.56. The molecule has 1 atom stereocenters. The Balaban J connectivity index is 1.34. The van der Waals surface area contributed by atoms with Crippen LogP contribution in [0.25, 0.3) is 10.9 Å². The smallest absolute Gasteiger partial charge is 0.163 e. The molecule has 6 nitrogen and oxygen atoms in total. The minimum Gasteiger partial charge on any atom is -0.493 e. The van der Waals surface area contributed by atoms with Gasteiger partial charge in [-0.1, -0.05) is 47.3 Å². The third-order valence-corrected chi connectivity index (χ3v) is 6.90. The summed E-state index contributed by atoms with van der Waals surface area (Å²) in [6, 6.07) is 16.5. The van der Waals surface area contributed by atoms with E-state index in [2.05, 4.69) is 62.4 Å². The molecule has 4 aromatic rings. The molecule has 1 unspecified atom stereocenters. The number of anilines is 1. The summed E-state index contributed by atoms with van der Waals surface area (Å²) in [6.07, 6.45) is 10.6. The Hall–Kier alpha value is -3.19. The van der Waals surface area contributed by atoms with E-state index in [0.717, 1.165) is 46.2 Å². The first kappa shape index (κ1) is 26.9. The van der Waals surface area contributed by atoms with Gasteiger partial charge in [0, 0.05) is 28.3 Å². The van der Waals surface area contributed by atoms with Crippen molar-refractivity contribution in [2.24, 2.45) is 0 Å². The normalized spacial score (nSPS) is 11.9. The molecule has 0 amide bonds. The Morgan fingerprint density at radius 2 is 1.70 bits per heavy atom. The molecule has 0 fully saturated rings. The van der Waals surface area contributed by atoms with Gasteiger partial charge in [-0.3, -0.25) is 4.98 Å². The van der Waals surface area contributed by atoms with E-state index in [1.54, 1.807) is 7.11 Å². The molecule has 0 spiro atoms. The summed E-state index contributed by atoms with van der Waals surface area (Å²) in [5.41, 5.74) is 3.37. The molecule has 0 radical (unpaired) electrons. The van der Waals surface area contributed by atoms with Gasteiger partial charge in [0.15, 0.2) is 11.5 Å². The monoisotopic (exact) mass is 562 g/mol. The number of aromatic nitrogens is 3. The number of halogens is 1. The molecule has 37 heavy (non-hydrogen) atoms. The highest BCUT2D eigenvalue weighted by molar-refractivity contribution is 9.10. The molecule has 0 saturated carbocycles. The van der Waals surface area contributed by atoms with Crippen molar-refractivity contribution in [1.82, 2.24) is 15.0 Å². The summed E-state index contributed by atoms with van der Waals surface area (Å²) in [7, 11) is 1.67. The van der Waals surface area contributed by atoms with E-state index in [1.165, 1.54) is 30.4 Å². The van der Waals surface area contributed by atoms with Gasteiger partial charge in [0.1, 0.15) is 11.6 Å². The van der Waals surface area contributed by atoms with Gasteiger partial charge < -0.3 is 14.8 Å².